The second kappa shape index (κ2) is 7.12. The van der Waals surface area contributed by atoms with Crippen molar-refractivity contribution in [1.29, 1.82) is 0 Å². The van der Waals surface area contributed by atoms with Gasteiger partial charge in [-0.2, -0.15) is 0 Å². The molecule has 1 aliphatic carbocycles. The predicted molar refractivity (Wildman–Crippen MR) is 54.9 cm³/mol. The van der Waals surface area contributed by atoms with Crippen LogP contribution in [0.1, 0.15) is 26.7 Å². The van der Waals surface area contributed by atoms with E-state index in [1.165, 1.54) is 0 Å². The molecule has 0 atom stereocenters. The molecule has 1 N–H and O–H groups in total. The summed E-state index contributed by atoms with van der Waals surface area (Å²) in [6.45, 7) is 4.00. The van der Waals surface area contributed by atoms with Gasteiger partial charge in [-0.25, -0.2) is 4.98 Å². The van der Waals surface area contributed by atoms with Crippen molar-refractivity contribution in [3.05, 3.63) is 18.7 Å². The highest BCUT2D eigenvalue weighted by Crippen LogP contribution is 2.28. The number of carboxylic acid groups (broad SMARTS) is 1. The van der Waals surface area contributed by atoms with E-state index in [0.717, 1.165) is 12.8 Å². The smallest absolute Gasteiger partial charge is 0.306 e. The first-order chi connectivity index (χ1) is 6.70. The van der Waals surface area contributed by atoms with Gasteiger partial charge in [-0.1, -0.05) is 13.8 Å². The van der Waals surface area contributed by atoms with E-state index in [0.29, 0.717) is 0 Å². The fourth-order valence-electron chi connectivity index (χ4n) is 0.656. The van der Waals surface area contributed by atoms with E-state index in [1.54, 1.807) is 12.5 Å². The van der Waals surface area contributed by atoms with Crippen LogP contribution >= 0.6 is 0 Å². The van der Waals surface area contributed by atoms with E-state index in [-0.39, 0.29) is 5.92 Å². The first kappa shape index (κ1) is 12.7. The summed E-state index contributed by atoms with van der Waals surface area (Å²) in [6, 6.07) is 0. The van der Waals surface area contributed by atoms with Gasteiger partial charge in [0.05, 0.1) is 12.2 Å². The van der Waals surface area contributed by atoms with E-state index in [9.17, 15) is 4.79 Å². The van der Waals surface area contributed by atoms with Gasteiger partial charge in [0.25, 0.3) is 0 Å². The van der Waals surface area contributed by atoms with Crippen molar-refractivity contribution >= 4 is 5.97 Å². The number of hydrogen-bond acceptors (Lipinski definition) is 2. The molecule has 0 spiro atoms. The molecule has 0 bridgehead atoms. The number of aromatic nitrogens is 2. The maximum Gasteiger partial charge on any atom is 0.306 e. The molecule has 0 saturated heterocycles. The van der Waals surface area contributed by atoms with Gasteiger partial charge in [0, 0.05) is 19.4 Å². The predicted octanol–water partition coefficient (Wildman–Crippen LogP) is 1.93. The number of carboxylic acids is 1. The van der Waals surface area contributed by atoms with Gasteiger partial charge in [-0.3, -0.25) is 4.79 Å². The van der Waals surface area contributed by atoms with Gasteiger partial charge >= 0.3 is 5.97 Å². The summed E-state index contributed by atoms with van der Waals surface area (Å²) in [7, 11) is 1.94. The van der Waals surface area contributed by atoms with Crippen molar-refractivity contribution in [2.75, 3.05) is 0 Å². The zero-order valence-corrected chi connectivity index (χ0v) is 8.97. The number of aliphatic carboxylic acids is 1. The third kappa shape index (κ3) is 6.22. The molecule has 1 aromatic rings. The quantitative estimate of drug-likeness (QED) is 0.750. The normalized spacial score (nSPS) is 13.1. The van der Waals surface area contributed by atoms with Crippen molar-refractivity contribution in [2.24, 2.45) is 13.0 Å². The molecule has 14 heavy (non-hydrogen) atoms. The summed E-state index contributed by atoms with van der Waals surface area (Å²) in [5, 5.41) is 8.05. The topological polar surface area (TPSA) is 55.1 Å². The number of carbonyl (C=O) groups is 1. The molecule has 1 heterocycles. The number of nitrogens with zero attached hydrogens (tertiary/aromatic N) is 2. The average Bonchev–Trinajstić information content (AvgIpc) is 2.94. The van der Waals surface area contributed by atoms with Crippen molar-refractivity contribution in [3.8, 4) is 0 Å². The molecule has 0 aromatic carbocycles. The molecular weight excluding hydrogens is 180 g/mol. The summed E-state index contributed by atoms with van der Waals surface area (Å²) >= 11 is 0. The van der Waals surface area contributed by atoms with Gasteiger partial charge in [-0.05, 0) is 12.8 Å². The monoisotopic (exact) mass is 198 g/mol. The molecule has 0 aliphatic heterocycles. The standard InChI is InChI=1S/C4H6N2.C4H6O2.C2H6/c1-6-3-2-5-4-6;5-4(6)3-1-2-3;1-2/h2-4H,1H3;3H,1-2H2,(H,5,6);1-2H3. The van der Waals surface area contributed by atoms with Crippen LogP contribution in [0.5, 0.6) is 0 Å². The third-order valence-corrected chi connectivity index (χ3v) is 1.56. The lowest BCUT2D eigenvalue weighted by atomic mass is 10.5. The lowest BCUT2D eigenvalue weighted by Gasteiger charge is -1.76. The highest BCUT2D eigenvalue weighted by Gasteiger charge is 2.28. The van der Waals surface area contributed by atoms with Gasteiger partial charge in [0.1, 0.15) is 0 Å². The number of hydrogen-bond donors (Lipinski definition) is 1. The highest BCUT2D eigenvalue weighted by molar-refractivity contribution is 5.72. The van der Waals surface area contributed by atoms with Crippen molar-refractivity contribution in [3.63, 3.8) is 0 Å². The molecule has 0 amide bonds. The van der Waals surface area contributed by atoms with E-state index in [4.69, 9.17) is 5.11 Å². The molecule has 4 nitrogen and oxygen atoms in total. The lowest BCUT2D eigenvalue weighted by molar-refractivity contribution is -0.138. The minimum absolute atomic E-state index is 0.0185. The Morgan fingerprint density at radius 1 is 1.50 bits per heavy atom. The first-order valence-corrected chi connectivity index (χ1v) is 4.85. The van der Waals surface area contributed by atoms with Crippen molar-refractivity contribution in [1.82, 2.24) is 9.55 Å². The maximum absolute atomic E-state index is 9.76. The molecule has 1 saturated carbocycles. The minimum atomic E-state index is -0.630. The van der Waals surface area contributed by atoms with E-state index in [2.05, 4.69) is 4.98 Å². The third-order valence-electron chi connectivity index (χ3n) is 1.56. The Morgan fingerprint density at radius 2 is 2.07 bits per heavy atom. The summed E-state index contributed by atoms with van der Waals surface area (Å²) in [5.74, 6) is -0.611. The number of rotatable bonds is 1. The first-order valence-electron chi connectivity index (χ1n) is 4.85. The van der Waals surface area contributed by atoms with Crippen LogP contribution in [0.2, 0.25) is 0 Å². The Morgan fingerprint density at radius 3 is 2.14 bits per heavy atom. The summed E-state index contributed by atoms with van der Waals surface area (Å²) < 4.78 is 1.89. The Labute approximate surface area is 84.6 Å². The second-order valence-corrected chi connectivity index (χ2v) is 2.84. The van der Waals surface area contributed by atoms with Crippen LogP contribution in [-0.2, 0) is 11.8 Å². The van der Waals surface area contributed by atoms with E-state index < -0.39 is 5.97 Å². The molecule has 2 rings (SSSR count). The van der Waals surface area contributed by atoms with Gasteiger partial charge in [-0.15, -0.1) is 0 Å². The average molecular weight is 198 g/mol. The maximum atomic E-state index is 9.76. The van der Waals surface area contributed by atoms with Gasteiger partial charge < -0.3 is 9.67 Å². The van der Waals surface area contributed by atoms with Crippen LogP contribution in [0.15, 0.2) is 18.7 Å². The molecule has 0 radical (unpaired) electrons. The van der Waals surface area contributed by atoms with E-state index >= 15 is 0 Å². The van der Waals surface area contributed by atoms with Crippen LogP contribution in [0.25, 0.3) is 0 Å². The van der Waals surface area contributed by atoms with Crippen LogP contribution in [0.3, 0.4) is 0 Å². The molecule has 0 unspecified atom stereocenters. The Kier molecular flexibility index (Phi) is 6.45. The Balaban J connectivity index is 0.000000206. The van der Waals surface area contributed by atoms with E-state index in [1.807, 2.05) is 31.7 Å². The molecule has 4 heteroatoms. The molecule has 1 aromatic heterocycles. The fraction of sp³-hybridized carbons (Fsp3) is 0.600. The van der Waals surface area contributed by atoms with Crippen LogP contribution in [0, 0.1) is 5.92 Å². The van der Waals surface area contributed by atoms with Crippen molar-refractivity contribution < 1.29 is 9.90 Å². The van der Waals surface area contributed by atoms with Crippen LogP contribution in [-0.4, -0.2) is 20.6 Å². The molecule has 1 fully saturated rings. The van der Waals surface area contributed by atoms with Gasteiger partial charge in [0.2, 0.25) is 0 Å². The number of imidazole rings is 1. The molecular formula is C10H18N2O2. The molecule has 1 aliphatic rings. The lowest BCUT2D eigenvalue weighted by Crippen LogP contribution is -1.94. The minimum Gasteiger partial charge on any atom is -0.481 e. The largest absolute Gasteiger partial charge is 0.481 e. The number of aryl methyl sites for hydroxylation is 1. The second-order valence-electron chi connectivity index (χ2n) is 2.84. The fourth-order valence-corrected chi connectivity index (χ4v) is 0.656. The van der Waals surface area contributed by atoms with Gasteiger partial charge in [0.15, 0.2) is 0 Å². The Hall–Kier alpha value is -1.32. The summed E-state index contributed by atoms with van der Waals surface area (Å²) in [6.07, 6.45) is 7.19. The van der Waals surface area contributed by atoms with Crippen LogP contribution in [0.4, 0.5) is 0 Å². The summed E-state index contributed by atoms with van der Waals surface area (Å²) in [4.78, 5) is 13.5. The Bertz CT molecular complexity index is 241. The zero-order chi connectivity index (χ0) is 11.0. The molecule has 80 valence electrons. The highest BCUT2D eigenvalue weighted by atomic mass is 16.4. The van der Waals surface area contributed by atoms with Crippen LogP contribution < -0.4 is 0 Å². The zero-order valence-electron chi connectivity index (χ0n) is 8.97. The SMILES string of the molecule is CC.Cn1ccnc1.O=C(O)C1CC1. The van der Waals surface area contributed by atoms with Crippen molar-refractivity contribution in [2.45, 2.75) is 26.7 Å². The summed E-state index contributed by atoms with van der Waals surface area (Å²) in [5.41, 5.74) is 0.